The molecule has 2 rings (SSSR count). The van der Waals surface area contributed by atoms with E-state index in [4.69, 9.17) is 5.73 Å². The van der Waals surface area contributed by atoms with Gasteiger partial charge < -0.3 is 5.73 Å². The average molecular weight is 365 g/mol. The average Bonchev–Trinajstić information content (AvgIpc) is 2.37. The smallest absolute Gasteiger partial charge is 0.242 e. The van der Waals surface area contributed by atoms with E-state index in [1.165, 1.54) is 6.07 Å². The van der Waals surface area contributed by atoms with E-state index in [1.54, 1.807) is 12.1 Å². The highest BCUT2D eigenvalue weighted by Crippen LogP contribution is 2.25. The normalized spacial score (nSPS) is 17.5. The largest absolute Gasteiger partial charge is 0.398 e. The molecular formula is C12H17BrN2O2S2. The van der Waals surface area contributed by atoms with Gasteiger partial charge in [-0.25, -0.2) is 13.1 Å². The number of rotatable bonds is 4. The highest BCUT2D eigenvalue weighted by molar-refractivity contribution is 9.10. The first-order chi connectivity index (χ1) is 8.99. The minimum Gasteiger partial charge on any atom is -0.398 e. The van der Waals surface area contributed by atoms with Crippen molar-refractivity contribution in [2.75, 3.05) is 23.8 Å². The van der Waals surface area contributed by atoms with Gasteiger partial charge in [-0.15, -0.1) is 0 Å². The molecule has 1 heterocycles. The highest BCUT2D eigenvalue weighted by Gasteiger charge is 2.20. The predicted octanol–water partition coefficient (Wildman–Crippen LogP) is 2.45. The van der Waals surface area contributed by atoms with Gasteiger partial charge in [-0.2, -0.15) is 11.8 Å². The molecule has 1 aliphatic rings. The lowest BCUT2D eigenvalue weighted by molar-refractivity contribution is 0.477. The molecule has 0 radical (unpaired) electrons. The SMILES string of the molecule is Nc1cc(Br)ccc1S(=O)(=O)NCC1CCSCC1. The number of halogens is 1. The topological polar surface area (TPSA) is 72.2 Å². The Morgan fingerprint density at radius 1 is 1.37 bits per heavy atom. The molecule has 1 saturated heterocycles. The zero-order valence-corrected chi connectivity index (χ0v) is 13.7. The van der Waals surface area contributed by atoms with E-state index >= 15 is 0 Å². The Balaban J connectivity index is 2.05. The maximum absolute atomic E-state index is 12.2. The highest BCUT2D eigenvalue weighted by atomic mass is 79.9. The second-order valence-corrected chi connectivity index (χ2v) is 8.47. The van der Waals surface area contributed by atoms with Crippen LogP contribution in [0.3, 0.4) is 0 Å². The van der Waals surface area contributed by atoms with Gasteiger partial charge in [-0.05, 0) is 48.5 Å². The molecule has 7 heteroatoms. The zero-order valence-electron chi connectivity index (χ0n) is 10.4. The van der Waals surface area contributed by atoms with Crippen LogP contribution in [0.2, 0.25) is 0 Å². The van der Waals surface area contributed by atoms with Crippen molar-refractivity contribution in [1.29, 1.82) is 0 Å². The van der Waals surface area contributed by atoms with E-state index in [-0.39, 0.29) is 10.6 Å². The maximum atomic E-state index is 12.2. The third-order valence-corrected chi connectivity index (χ3v) is 6.20. The third kappa shape index (κ3) is 4.11. The van der Waals surface area contributed by atoms with Crippen LogP contribution >= 0.6 is 27.7 Å². The quantitative estimate of drug-likeness (QED) is 0.804. The number of thioether (sulfide) groups is 1. The molecule has 1 aromatic carbocycles. The van der Waals surface area contributed by atoms with E-state index in [9.17, 15) is 8.42 Å². The molecular weight excluding hydrogens is 348 g/mol. The van der Waals surface area contributed by atoms with Crippen LogP contribution in [0.4, 0.5) is 5.69 Å². The summed E-state index contributed by atoms with van der Waals surface area (Å²) in [6.07, 6.45) is 2.14. The van der Waals surface area contributed by atoms with Crippen molar-refractivity contribution >= 4 is 43.4 Å². The van der Waals surface area contributed by atoms with Gasteiger partial charge in [-0.1, -0.05) is 15.9 Å². The van der Waals surface area contributed by atoms with Gasteiger partial charge in [0.2, 0.25) is 10.0 Å². The Kier molecular flexibility index (Phi) is 5.16. The molecule has 0 unspecified atom stereocenters. The first-order valence-electron chi connectivity index (χ1n) is 6.11. The zero-order chi connectivity index (χ0) is 13.9. The Morgan fingerprint density at radius 2 is 2.05 bits per heavy atom. The molecule has 3 N–H and O–H groups in total. The van der Waals surface area contributed by atoms with Gasteiger partial charge in [0.05, 0.1) is 5.69 Å². The van der Waals surface area contributed by atoms with Crippen molar-refractivity contribution < 1.29 is 8.42 Å². The first kappa shape index (κ1) is 15.2. The van der Waals surface area contributed by atoms with Gasteiger partial charge in [0.1, 0.15) is 4.90 Å². The van der Waals surface area contributed by atoms with E-state index in [2.05, 4.69) is 20.7 Å². The molecule has 1 aliphatic heterocycles. The van der Waals surface area contributed by atoms with Crippen molar-refractivity contribution in [2.45, 2.75) is 17.7 Å². The Bertz CT molecular complexity index is 543. The summed E-state index contributed by atoms with van der Waals surface area (Å²) < 4.78 is 27.8. The number of anilines is 1. The monoisotopic (exact) mass is 364 g/mol. The second-order valence-electron chi connectivity index (χ2n) is 4.59. The van der Waals surface area contributed by atoms with Gasteiger partial charge in [-0.3, -0.25) is 0 Å². The summed E-state index contributed by atoms with van der Waals surface area (Å²) in [4.78, 5) is 0.154. The van der Waals surface area contributed by atoms with E-state index < -0.39 is 10.0 Å². The molecule has 1 aromatic rings. The third-order valence-electron chi connectivity index (χ3n) is 3.16. The first-order valence-corrected chi connectivity index (χ1v) is 9.54. The van der Waals surface area contributed by atoms with Crippen LogP contribution in [-0.4, -0.2) is 26.5 Å². The number of nitrogens with one attached hydrogen (secondary N) is 1. The van der Waals surface area contributed by atoms with Crippen molar-refractivity contribution in [3.63, 3.8) is 0 Å². The molecule has 0 bridgehead atoms. The minimum atomic E-state index is -3.51. The number of benzene rings is 1. The van der Waals surface area contributed by atoms with E-state index in [0.717, 1.165) is 28.8 Å². The van der Waals surface area contributed by atoms with Crippen molar-refractivity contribution in [1.82, 2.24) is 4.72 Å². The van der Waals surface area contributed by atoms with Gasteiger partial charge in [0.25, 0.3) is 0 Å². The molecule has 0 aliphatic carbocycles. The summed E-state index contributed by atoms with van der Waals surface area (Å²) in [5.41, 5.74) is 6.03. The number of nitrogens with two attached hydrogens (primary N) is 1. The van der Waals surface area contributed by atoms with Crippen molar-refractivity contribution in [2.24, 2.45) is 5.92 Å². The summed E-state index contributed by atoms with van der Waals surface area (Å²) in [6.45, 7) is 0.498. The second kappa shape index (κ2) is 6.47. The summed E-state index contributed by atoms with van der Waals surface area (Å²) in [5, 5.41) is 0. The molecule has 19 heavy (non-hydrogen) atoms. The van der Waals surface area contributed by atoms with Crippen LogP contribution in [0.1, 0.15) is 12.8 Å². The lowest BCUT2D eigenvalue weighted by Gasteiger charge is -2.21. The van der Waals surface area contributed by atoms with Crippen molar-refractivity contribution in [3.05, 3.63) is 22.7 Å². The molecule has 0 atom stereocenters. The number of hydrogen-bond donors (Lipinski definition) is 2. The number of hydrogen-bond acceptors (Lipinski definition) is 4. The molecule has 0 spiro atoms. The maximum Gasteiger partial charge on any atom is 0.242 e. The Hall–Kier alpha value is -0.240. The fourth-order valence-corrected chi connectivity index (χ4v) is 4.83. The van der Waals surface area contributed by atoms with Crippen LogP contribution < -0.4 is 10.5 Å². The standard InChI is InChI=1S/C12H17BrN2O2S2/c13-10-1-2-12(11(14)7-10)19(16,17)15-8-9-3-5-18-6-4-9/h1-2,7,9,15H,3-6,8,14H2. The number of nitrogen functional groups attached to an aromatic ring is 1. The molecule has 0 aromatic heterocycles. The fourth-order valence-electron chi connectivity index (χ4n) is 2.02. The van der Waals surface area contributed by atoms with Gasteiger partial charge >= 0.3 is 0 Å². The lowest BCUT2D eigenvalue weighted by Crippen LogP contribution is -2.31. The molecule has 0 saturated carbocycles. The van der Waals surface area contributed by atoms with E-state index in [0.29, 0.717) is 12.5 Å². The number of sulfonamides is 1. The lowest BCUT2D eigenvalue weighted by atomic mass is 10.0. The Labute approximate surface area is 126 Å². The van der Waals surface area contributed by atoms with Crippen molar-refractivity contribution in [3.8, 4) is 0 Å². The molecule has 106 valence electrons. The summed E-state index contributed by atoms with van der Waals surface area (Å²) >= 11 is 5.20. The van der Waals surface area contributed by atoms with Crippen LogP contribution in [0, 0.1) is 5.92 Å². The molecule has 0 amide bonds. The van der Waals surface area contributed by atoms with Gasteiger partial charge in [0.15, 0.2) is 0 Å². The molecule has 4 nitrogen and oxygen atoms in total. The minimum absolute atomic E-state index is 0.154. The summed E-state index contributed by atoms with van der Waals surface area (Å²) in [7, 11) is -3.51. The predicted molar refractivity (Wildman–Crippen MR) is 83.8 cm³/mol. The van der Waals surface area contributed by atoms with Crippen LogP contribution in [0.15, 0.2) is 27.6 Å². The summed E-state index contributed by atoms with van der Waals surface area (Å²) in [6, 6.07) is 4.81. The van der Waals surface area contributed by atoms with Gasteiger partial charge in [0, 0.05) is 11.0 Å². The van der Waals surface area contributed by atoms with Crippen LogP contribution in [-0.2, 0) is 10.0 Å². The fraction of sp³-hybridized carbons (Fsp3) is 0.500. The Morgan fingerprint density at radius 3 is 2.68 bits per heavy atom. The summed E-state index contributed by atoms with van der Waals surface area (Å²) in [5.74, 6) is 2.67. The van der Waals surface area contributed by atoms with E-state index in [1.807, 2.05) is 11.8 Å². The van der Waals surface area contributed by atoms with Crippen LogP contribution in [0.25, 0.3) is 0 Å². The van der Waals surface area contributed by atoms with Crippen LogP contribution in [0.5, 0.6) is 0 Å². The molecule has 1 fully saturated rings.